The van der Waals surface area contributed by atoms with Crippen molar-refractivity contribution in [1.82, 2.24) is 5.32 Å². The van der Waals surface area contributed by atoms with E-state index < -0.39 is 5.97 Å². The molecule has 0 amide bonds. The third-order valence-corrected chi connectivity index (χ3v) is 6.36. The quantitative estimate of drug-likeness (QED) is 0.327. The molecular formula is C15H36N2O3Sn. The fourth-order valence-corrected chi connectivity index (χ4v) is 5.28. The SMILES string of the molecule is CC(=O)O.CC(CO)NCCN.CCC[CH2][Sn][CH2]CCC. The van der Waals surface area contributed by atoms with Gasteiger partial charge in [-0.15, -0.1) is 0 Å². The Bertz CT molecular complexity index is 186. The summed E-state index contributed by atoms with van der Waals surface area (Å²) >= 11 is 0.149. The Kier molecular flexibility index (Phi) is 31.2. The minimum absolute atomic E-state index is 0.149. The van der Waals surface area contributed by atoms with Crippen LogP contribution in [0.1, 0.15) is 53.4 Å². The summed E-state index contributed by atoms with van der Waals surface area (Å²) in [4.78, 5) is 9.00. The number of rotatable bonds is 10. The summed E-state index contributed by atoms with van der Waals surface area (Å²) in [5, 5.41) is 18.9. The number of carboxylic acid groups (broad SMARTS) is 1. The van der Waals surface area contributed by atoms with Crippen LogP contribution in [0.2, 0.25) is 8.87 Å². The fourth-order valence-electron chi connectivity index (χ4n) is 1.12. The van der Waals surface area contributed by atoms with Crippen molar-refractivity contribution in [3.63, 3.8) is 0 Å². The molecule has 0 aliphatic rings. The molecule has 0 aliphatic heterocycles. The van der Waals surface area contributed by atoms with E-state index in [9.17, 15) is 0 Å². The first-order valence-corrected chi connectivity index (χ1v) is 11.9. The monoisotopic (exact) mass is 412 g/mol. The first-order valence-electron chi connectivity index (χ1n) is 7.90. The van der Waals surface area contributed by atoms with Crippen molar-refractivity contribution < 1.29 is 15.0 Å². The van der Waals surface area contributed by atoms with Gasteiger partial charge in [-0.05, 0) is 6.92 Å². The molecule has 5 N–H and O–H groups in total. The third kappa shape index (κ3) is 45.0. The van der Waals surface area contributed by atoms with Crippen LogP contribution in [0.3, 0.4) is 0 Å². The molecule has 0 aliphatic carbocycles. The number of hydrogen-bond acceptors (Lipinski definition) is 4. The Labute approximate surface area is 141 Å². The van der Waals surface area contributed by atoms with Crippen LogP contribution in [0.25, 0.3) is 0 Å². The van der Waals surface area contributed by atoms with Gasteiger partial charge >= 0.3 is 69.5 Å². The van der Waals surface area contributed by atoms with Crippen molar-refractivity contribution in [3.05, 3.63) is 0 Å². The van der Waals surface area contributed by atoms with Crippen LogP contribution in [-0.2, 0) is 4.79 Å². The molecule has 0 rings (SSSR count). The van der Waals surface area contributed by atoms with Gasteiger partial charge in [-0.1, -0.05) is 0 Å². The number of unbranched alkanes of at least 4 members (excludes halogenated alkanes) is 2. The summed E-state index contributed by atoms with van der Waals surface area (Å²) in [5.74, 6) is -0.833. The fraction of sp³-hybridized carbons (Fsp3) is 0.933. The molecule has 0 aromatic rings. The summed E-state index contributed by atoms with van der Waals surface area (Å²) in [7, 11) is 0. The van der Waals surface area contributed by atoms with Crippen LogP contribution in [0, 0.1) is 0 Å². The number of aliphatic hydroxyl groups is 1. The van der Waals surface area contributed by atoms with E-state index in [1.54, 1.807) is 8.87 Å². The Morgan fingerprint density at radius 3 is 1.95 bits per heavy atom. The molecule has 128 valence electrons. The maximum absolute atomic E-state index is 9.00. The van der Waals surface area contributed by atoms with E-state index in [1.165, 1.54) is 25.7 Å². The third-order valence-electron chi connectivity index (χ3n) is 2.33. The molecule has 1 atom stereocenters. The number of aliphatic hydroxyl groups excluding tert-OH is 1. The van der Waals surface area contributed by atoms with Gasteiger partial charge in [0, 0.05) is 26.1 Å². The number of carboxylic acids is 1. The molecule has 21 heavy (non-hydrogen) atoms. The van der Waals surface area contributed by atoms with Crippen molar-refractivity contribution in [1.29, 1.82) is 0 Å². The molecule has 2 radical (unpaired) electrons. The number of aliphatic carboxylic acids is 1. The number of nitrogens with one attached hydrogen (secondary N) is 1. The van der Waals surface area contributed by atoms with E-state index in [0.717, 1.165) is 13.5 Å². The van der Waals surface area contributed by atoms with Crippen molar-refractivity contribution in [2.75, 3.05) is 19.7 Å². The summed E-state index contributed by atoms with van der Waals surface area (Å²) in [6.45, 7) is 9.17. The van der Waals surface area contributed by atoms with E-state index in [1.807, 2.05) is 6.92 Å². The van der Waals surface area contributed by atoms with Crippen LogP contribution in [-0.4, -0.2) is 63.1 Å². The van der Waals surface area contributed by atoms with Gasteiger partial charge in [0.25, 0.3) is 5.97 Å². The zero-order valence-electron chi connectivity index (χ0n) is 14.3. The van der Waals surface area contributed by atoms with E-state index in [-0.39, 0.29) is 33.8 Å². The van der Waals surface area contributed by atoms with Crippen molar-refractivity contribution in [2.24, 2.45) is 5.73 Å². The average Bonchev–Trinajstić information content (AvgIpc) is 2.44. The van der Waals surface area contributed by atoms with Crippen LogP contribution in [0.5, 0.6) is 0 Å². The van der Waals surface area contributed by atoms with Gasteiger partial charge < -0.3 is 21.3 Å². The summed E-state index contributed by atoms with van der Waals surface area (Å²) in [6.07, 6.45) is 5.84. The minimum atomic E-state index is -0.833. The Hall–Kier alpha value is 0.149. The molecule has 0 heterocycles. The molecular weight excluding hydrogens is 375 g/mol. The molecule has 0 saturated carbocycles. The summed E-state index contributed by atoms with van der Waals surface area (Å²) in [6, 6.07) is 0.179. The standard InChI is InChI=1S/C5H14N2O.2C4H9.C2H4O2.Sn/c1-5(4-8)7-3-2-6;2*1-3-4-2;1-2(3)4;/h5,7-8H,2-4,6H2,1H3;2*1,3-4H2,2H3;1H3,(H,3,4);. The number of nitrogens with two attached hydrogens (primary N) is 1. The van der Waals surface area contributed by atoms with Gasteiger partial charge in [-0.2, -0.15) is 0 Å². The second-order valence-corrected chi connectivity index (χ2v) is 9.08. The number of hydrogen-bond donors (Lipinski definition) is 4. The van der Waals surface area contributed by atoms with E-state index in [2.05, 4.69) is 19.2 Å². The molecule has 6 heteroatoms. The number of carbonyl (C=O) groups is 1. The molecule has 0 saturated heterocycles. The molecule has 1 unspecified atom stereocenters. The zero-order chi connectivity index (χ0) is 16.9. The zero-order valence-corrected chi connectivity index (χ0v) is 17.2. The second kappa shape index (κ2) is 25.1. The van der Waals surface area contributed by atoms with Crippen molar-refractivity contribution >= 4 is 27.1 Å². The second-order valence-electron chi connectivity index (χ2n) is 4.80. The van der Waals surface area contributed by atoms with Crippen LogP contribution >= 0.6 is 0 Å². The topological polar surface area (TPSA) is 95.6 Å². The maximum atomic E-state index is 9.00. The van der Waals surface area contributed by atoms with Gasteiger partial charge in [0.05, 0.1) is 6.61 Å². The molecule has 5 nitrogen and oxygen atoms in total. The van der Waals surface area contributed by atoms with Crippen molar-refractivity contribution in [2.45, 2.75) is 68.3 Å². The van der Waals surface area contributed by atoms with E-state index in [4.69, 9.17) is 20.7 Å². The molecule has 0 spiro atoms. The first-order chi connectivity index (χ1) is 9.95. The van der Waals surface area contributed by atoms with Crippen LogP contribution < -0.4 is 11.1 Å². The molecule has 0 fully saturated rings. The van der Waals surface area contributed by atoms with Gasteiger partial charge in [-0.3, -0.25) is 4.79 Å². The molecule has 0 aromatic carbocycles. The van der Waals surface area contributed by atoms with Gasteiger partial charge in [0.15, 0.2) is 0 Å². The normalized spacial score (nSPS) is 10.8. The Morgan fingerprint density at radius 2 is 1.67 bits per heavy atom. The first kappa shape index (κ1) is 26.1. The summed E-state index contributed by atoms with van der Waals surface area (Å²) in [5.41, 5.74) is 5.19. The predicted octanol–water partition coefficient (Wildman–Crippen LogP) is 2.13. The van der Waals surface area contributed by atoms with Crippen molar-refractivity contribution in [3.8, 4) is 0 Å². The molecule has 0 bridgehead atoms. The summed E-state index contributed by atoms with van der Waals surface area (Å²) < 4.78 is 3.25. The van der Waals surface area contributed by atoms with Crippen LogP contribution in [0.15, 0.2) is 0 Å². The van der Waals surface area contributed by atoms with E-state index >= 15 is 0 Å². The van der Waals surface area contributed by atoms with E-state index in [0.29, 0.717) is 6.54 Å². The van der Waals surface area contributed by atoms with Crippen LogP contribution in [0.4, 0.5) is 0 Å². The predicted molar refractivity (Wildman–Crippen MR) is 92.1 cm³/mol. The Balaban J connectivity index is -0.000000249. The van der Waals surface area contributed by atoms with Gasteiger partial charge in [0.2, 0.25) is 0 Å². The van der Waals surface area contributed by atoms with Gasteiger partial charge in [-0.25, -0.2) is 0 Å². The molecule has 0 aromatic heterocycles. The Morgan fingerprint density at radius 1 is 1.24 bits per heavy atom. The average molecular weight is 411 g/mol. The van der Waals surface area contributed by atoms with Gasteiger partial charge in [0.1, 0.15) is 0 Å².